The smallest absolute Gasteiger partial charge is 0.249 e. The van der Waals surface area contributed by atoms with E-state index in [1.807, 2.05) is 48.0 Å². The summed E-state index contributed by atoms with van der Waals surface area (Å²) in [6.45, 7) is 3.77. The highest BCUT2D eigenvalue weighted by Crippen LogP contribution is 2.40. The van der Waals surface area contributed by atoms with Crippen LogP contribution in [0.25, 0.3) is 5.57 Å². The maximum Gasteiger partial charge on any atom is 0.249 e. The zero-order valence-electron chi connectivity index (χ0n) is 11.3. The van der Waals surface area contributed by atoms with Crippen LogP contribution in [0.1, 0.15) is 23.6 Å². The number of nitrogens with two attached hydrogens (primary N) is 1. The molecule has 1 aliphatic heterocycles. The van der Waals surface area contributed by atoms with Gasteiger partial charge in [0.05, 0.1) is 5.57 Å². The third-order valence-corrected chi connectivity index (χ3v) is 4.28. The largest absolute Gasteiger partial charge is 0.465 e. The number of ketones is 1. The Labute approximate surface area is 121 Å². The molecule has 2 heterocycles. The van der Waals surface area contributed by atoms with E-state index in [0.29, 0.717) is 16.9 Å². The molecule has 20 heavy (non-hydrogen) atoms. The van der Waals surface area contributed by atoms with Gasteiger partial charge in [0.15, 0.2) is 0 Å². The van der Waals surface area contributed by atoms with Crippen molar-refractivity contribution in [2.45, 2.75) is 19.6 Å². The van der Waals surface area contributed by atoms with E-state index in [-0.39, 0.29) is 5.78 Å². The number of carbonyl (C=O) groups excluding carboxylic acids is 1. The van der Waals surface area contributed by atoms with Gasteiger partial charge < -0.3 is 4.74 Å². The van der Waals surface area contributed by atoms with Crippen LogP contribution in [-0.2, 0) is 15.3 Å². The predicted molar refractivity (Wildman–Crippen MR) is 80.0 cm³/mol. The van der Waals surface area contributed by atoms with Crippen molar-refractivity contribution in [1.82, 2.24) is 0 Å². The fourth-order valence-electron chi connectivity index (χ4n) is 2.52. The number of ether oxygens (including phenoxy) is 1. The average molecular weight is 285 g/mol. The van der Waals surface area contributed by atoms with Crippen molar-refractivity contribution < 1.29 is 9.53 Å². The molecule has 0 aliphatic carbocycles. The van der Waals surface area contributed by atoms with Gasteiger partial charge in [0.1, 0.15) is 5.76 Å². The van der Waals surface area contributed by atoms with Crippen LogP contribution in [0.5, 0.6) is 0 Å². The highest BCUT2D eigenvalue weighted by atomic mass is 32.1. The highest BCUT2D eigenvalue weighted by Gasteiger charge is 2.47. The van der Waals surface area contributed by atoms with E-state index < -0.39 is 5.72 Å². The van der Waals surface area contributed by atoms with Gasteiger partial charge in [-0.15, -0.1) is 0 Å². The lowest BCUT2D eigenvalue weighted by molar-refractivity contribution is -0.130. The maximum atomic E-state index is 12.8. The number of benzene rings is 1. The third-order valence-electron chi connectivity index (χ3n) is 3.59. The summed E-state index contributed by atoms with van der Waals surface area (Å²) >= 11 is 1.50. The molecule has 1 unspecified atom stereocenters. The number of hydrogen-bond acceptors (Lipinski definition) is 4. The first kappa shape index (κ1) is 13.1. The van der Waals surface area contributed by atoms with Gasteiger partial charge in [-0.05, 0) is 41.8 Å². The van der Waals surface area contributed by atoms with E-state index in [4.69, 9.17) is 10.5 Å². The summed E-state index contributed by atoms with van der Waals surface area (Å²) < 4.78 is 5.74. The first-order chi connectivity index (χ1) is 9.54. The first-order valence-electron chi connectivity index (χ1n) is 6.36. The van der Waals surface area contributed by atoms with Crippen molar-refractivity contribution in [1.29, 1.82) is 0 Å². The molecule has 3 rings (SSSR count). The molecule has 2 N–H and O–H groups in total. The average Bonchev–Trinajstić information content (AvgIpc) is 3.01. The molecule has 0 radical (unpaired) electrons. The lowest BCUT2D eigenvalue weighted by Crippen LogP contribution is -2.43. The van der Waals surface area contributed by atoms with Crippen molar-refractivity contribution in [2.75, 3.05) is 0 Å². The van der Waals surface area contributed by atoms with E-state index in [9.17, 15) is 4.79 Å². The Bertz CT molecular complexity index is 703. The number of Topliss-reactive ketones (excluding diaryl/α,β-unsaturated/α-hetero) is 1. The second-order valence-corrected chi connectivity index (χ2v) is 5.71. The SMILES string of the molecule is CC1=C(c2ccccc2C)C(=O)C(N)(c2ccsc2)O1. The molecular formula is C16H15NO2S. The van der Waals surface area contributed by atoms with Crippen LogP contribution in [0.2, 0.25) is 0 Å². The second kappa shape index (κ2) is 4.58. The van der Waals surface area contributed by atoms with E-state index in [1.165, 1.54) is 11.3 Å². The van der Waals surface area contributed by atoms with Crippen LogP contribution < -0.4 is 5.73 Å². The first-order valence-corrected chi connectivity index (χ1v) is 7.30. The molecule has 0 amide bonds. The summed E-state index contributed by atoms with van der Waals surface area (Å²) in [5.41, 5.74) is 8.05. The van der Waals surface area contributed by atoms with Crippen molar-refractivity contribution in [3.05, 3.63) is 63.5 Å². The topological polar surface area (TPSA) is 52.3 Å². The molecule has 1 aliphatic rings. The number of hydrogen-bond donors (Lipinski definition) is 1. The number of aryl methyl sites for hydroxylation is 1. The molecule has 102 valence electrons. The van der Waals surface area contributed by atoms with E-state index in [1.54, 1.807) is 6.92 Å². The van der Waals surface area contributed by atoms with Gasteiger partial charge in [0, 0.05) is 5.56 Å². The van der Waals surface area contributed by atoms with Crippen molar-refractivity contribution >= 4 is 22.7 Å². The zero-order valence-corrected chi connectivity index (χ0v) is 12.2. The van der Waals surface area contributed by atoms with Crippen LogP contribution >= 0.6 is 11.3 Å². The molecule has 4 heteroatoms. The molecule has 0 saturated carbocycles. The fourth-order valence-corrected chi connectivity index (χ4v) is 3.22. The molecule has 3 nitrogen and oxygen atoms in total. The molecule has 0 spiro atoms. The summed E-state index contributed by atoms with van der Waals surface area (Å²) in [6, 6.07) is 9.59. The monoisotopic (exact) mass is 285 g/mol. The van der Waals surface area contributed by atoms with Crippen LogP contribution in [0.15, 0.2) is 46.9 Å². The summed E-state index contributed by atoms with van der Waals surface area (Å²) in [5, 5.41) is 3.74. The molecule has 1 atom stereocenters. The summed E-state index contributed by atoms with van der Waals surface area (Å²) in [7, 11) is 0. The summed E-state index contributed by atoms with van der Waals surface area (Å²) in [6.07, 6.45) is 0. The predicted octanol–water partition coefficient (Wildman–Crippen LogP) is 3.20. The quantitative estimate of drug-likeness (QED) is 0.922. The minimum atomic E-state index is -1.39. The van der Waals surface area contributed by atoms with Crippen LogP contribution in [0.4, 0.5) is 0 Å². The van der Waals surface area contributed by atoms with Gasteiger partial charge in [0.2, 0.25) is 11.5 Å². The minimum absolute atomic E-state index is 0.178. The van der Waals surface area contributed by atoms with E-state index in [0.717, 1.165) is 11.1 Å². The molecule has 0 fully saturated rings. The molecule has 1 aromatic heterocycles. The molecular weight excluding hydrogens is 270 g/mol. The standard InChI is InChI=1S/C16H15NO2S/c1-10-5-3-4-6-13(10)14-11(2)19-16(17,15(14)18)12-7-8-20-9-12/h3-9H,17H2,1-2H3. The van der Waals surface area contributed by atoms with Gasteiger partial charge in [-0.3, -0.25) is 10.5 Å². The van der Waals surface area contributed by atoms with Crippen LogP contribution in [0.3, 0.4) is 0 Å². The van der Waals surface area contributed by atoms with Gasteiger partial charge in [0.25, 0.3) is 0 Å². The number of allylic oxidation sites excluding steroid dienone is 1. The number of rotatable bonds is 2. The summed E-state index contributed by atoms with van der Waals surface area (Å²) in [4.78, 5) is 12.8. The van der Waals surface area contributed by atoms with Gasteiger partial charge in [-0.1, -0.05) is 24.3 Å². The Morgan fingerprint density at radius 2 is 1.95 bits per heavy atom. The highest BCUT2D eigenvalue weighted by molar-refractivity contribution is 7.08. The summed E-state index contributed by atoms with van der Waals surface area (Å²) in [5.74, 6) is 0.403. The Morgan fingerprint density at radius 1 is 1.20 bits per heavy atom. The van der Waals surface area contributed by atoms with Crippen molar-refractivity contribution in [3.63, 3.8) is 0 Å². The van der Waals surface area contributed by atoms with Gasteiger partial charge in [-0.25, -0.2) is 0 Å². The molecule has 0 saturated heterocycles. The third kappa shape index (κ3) is 1.80. The van der Waals surface area contributed by atoms with Gasteiger partial charge >= 0.3 is 0 Å². The van der Waals surface area contributed by atoms with Crippen molar-refractivity contribution in [3.8, 4) is 0 Å². The van der Waals surface area contributed by atoms with Crippen LogP contribution in [0, 0.1) is 6.92 Å². The minimum Gasteiger partial charge on any atom is -0.465 e. The molecule has 1 aromatic carbocycles. The maximum absolute atomic E-state index is 12.8. The lowest BCUT2D eigenvalue weighted by atomic mass is 9.91. The number of carbonyl (C=O) groups is 1. The van der Waals surface area contributed by atoms with Gasteiger partial charge in [-0.2, -0.15) is 11.3 Å². The Hall–Kier alpha value is -1.91. The Kier molecular flexibility index (Phi) is 3.00. The second-order valence-electron chi connectivity index (χ2n) is 4.92. The zero-order chi connectivity index (χ0) is 14.3. The van der Waals surface area contributed by atoms with Crippen LogP contribution in [-0.4, -0.2) is 5.78 Å². The lowest BCUT2D eigenvalue weighted by Gasteiger charge is -2.22. The van der Waals surface area contributed by atoms with E-state index >= 15 is 0 Å². The Morgan fingerprint density at radius 3 is 2.60 bits per heavy atom. The fraction of sp³-hybridized carbons (Fsp3) is 0.188. The van der Waals surface area contributed by atoms with E-state index in [2.05, 4.69) is 0 Å². The molecule has 0 bridgehead atoms. The molecule has 2 aromatic rings. The Balaban J connectivity index is 2.09. The normalized spacial score (nSPS) is 22.2. The number of thiophene rings is 1. The van der Waals surface area contributed by atoms with Crippen molar-refractivity contribution in [2.24, 2.45) is 5.73 Å².